The normalized spacial score (nSPS) is 29.9. The predicted octanol–water partition coefficient (Wildman–Crippen LogP) is 1.16. The van der Waals surface area contributed by atoms with Crippen molar-refractivity contribution in [2.45, 2.75) is 45.1 Å². The number of hydrogen-bond donors (Lipinski definition) is 1. The summed E-state index contributed by atoms with van der Waals surface area (Å²) in [4.78, 5) is 25.8. The number of fused-ring (bicyclic) bond motifs is 1. The van der Waals surface area contributed by atoms with Crippen molar-refractivity contribution in [3.05, 3.63) is 0 Å². The second-order valence-electron chi connectivity index (χ2n) is 5.21. The molecule has 96 valence electrons. The molecule has 1 heterocycles. The van der Waals surface area contributed by atoms with Crippen LogP contribution in [0.2, 0.25) is 0 Å². The molecule has 3 unspecified atom stereocenters. The van der Waals surface area contributed by atoms with Crippen LogP contribution >= 0.6 is 0 Å². The number of amides is 2. The summed E-state index contributed by atoms with van der Waals surface area (Å²) in [6, 6.07) is 0.242. The number of hydrogen-bond acceptors (Lipinski definition) is 3. The zero-order chi connectivity index (χ0) is 12.4. The molecule has 0 aromatic carbocycles. The van der Waals surface area contributed by atoms with Gasteiger partial charge in [0.05, 0.1) is 11.8 Å². The van der Waals surface area contributed by atoms with Crippen LogP contribution in [0.1, 0.15) is 39.0 Å². The average molecular weight is 238 g/mol. The Bertz CT molecular complexity index is 295. The Morgan fingerprint density at radius 3 is 2.35 bits per heavy atom. The Morgan fingerprint density at radius 2 is 1.88 bits per heavy atom. The SMILES string of the molecule is CCCC(CN1C(=O)C2CCCC2C1=O)NC. The van der Waals surface area contributed by atoms with E-state index in [2.05, 4.69) is 12.2 Å². The van der Waals surface area contributed by atoms with Crippen LogP contribution in [0, 0.1) is 11.8 Å². The lowest BCUT2D eigenvalue weighted by atomic mass is 10.00. The third-order valence-electron chi connectivity index (χ3n) is 4.13. The maximum Gasteiger partial charge on any atom is 0.233 e. The van der Waals surface area contributed by atoms with Gasteiger partial charge in [-0.15, -0.1) is 0 Å². The van der Waals surface area contributed by atoms with Gasteiger partial charge in [-0.1, -0.05) is 19.8 Å². The van der Waals surface area contributed by atoms with Crippen molar-refractivity contribution in [3.8, 4) is 0 Å². The summed E-state index contributed by atoms with van der Waals surface area (Å²) in [6.45, 7) is 2.67. The van der Waals surface area contributed by atoms with E-state index in [1.807, 2.05) is 7.05 Å². The highest BCUT2D eigenvalue weighted by Crippen LogP contribution is 2.39. The molecule has 0 bridgehead atoms. The molecule has 4 nitrogen and oxygen atoms in total. The van der Waals surface area contributed by atoms with Gasteiger partial charge in [-0.2, -0.15) is 0 Å². The molecule has 0 radical (unpaired) electrons. The van der Waals surface area contributed by atoms with Gasteiger partial charge in [0, 0.05) is 12.6 Å². The highest BCUT2D eigenvalue weighted by Gasteiger charge is 2.49. The van der Waals surface area contributed by atoms with Gasteiger partial charge in [0.25, 0.3) is 0 Å². The number of imide groups is 1. The van der Waals surface area contributed by atoms with E-state index >= 15 is 0 Å². The van der Waals surface area contributed by atoms with Crippen LogP contribution in [0.3, 0.4) is 0 Å². The summed E-state index contributed by atoms with van der Waals surface area (Å²) in [5.74, 6) is 0.158. The molecule has 1 saturated carbocycles. The zero-order valence-corrected chi connectivity index (χ0v) is 10.7. The van der Waals surface area contributed by atoms with Crippen LogP contribution in [-0.2, 0) is 9.59 Å². The van der Waals surface area contributed by atoms with Crippen LogP contribution in [0.15, 0.2) is 0 Å². The number of carbonyl (C=O) groups is 2. The van der Waals surface area contributed by atoms with E-state index < -0.39 is 0 Å². The standard InChI is InChI=1S/C13H22N2O2/c1-3-5-9(14-2)8-15-12(16)10-6-4-7-11(10)13(15)17/h9-11,14H,3-8H2,1-2H3. The van der Waals surface area contributed by atoms with Gasteiger partial charge in [-0.05, 0) is 26.3 Å². The highest BCUT2D eigenvalue weighted by atomic mass is 16.2. The fraction of sp³-hybridized carbons (Fsp3) is 0.846. The number of rotatable bonds is 5. The molecule has 1 saturated heterocycles. The van der Waals surface area contributed by atoms with Crippen LogP contribution in [0.4, 0.5) is 0 Å². The van der Waals surface area contributed by atoms with E-state index in [9.17, 15) is 9.59 Å². The fourth-order valence-corrected chi connectivity index (χ4v) is 3.14. The first-order valence-electron chi connectivity index (χ1n) is 6.71. The van der Waals surface area contributed by atoms with Crippen molar-refractivity contribution < 1.29 is 9.59 Å². The van der Waals surface area contributed by atoms with Crippen LogP contribution in [-0.4, -0.2) is 36.3 Å². The third-order valence-corrected chi connectivity index (χ3v) is 4.13. The summed E-state index contributed by atoms with van der Waals surface area (Å²) >= 11 is 0. The Balaban J connectivity index is 2.01. The second-order valence-corrected chi connectivity index (χ2v) is 5.21. The lowest BCUT2D eigenvalue weighted by Crippen LogP contribution is -2.43. The lowest BCUT2D eigenvalue weighted by Gasteiger charge is -2.22. The molecule has 1 N–H and O–H groups in total. The first-order valence-corrected chi connectivity index (χ1v) is 6.71. The highest BCUT2D eigenvalue weighted by molar-refractivity contribution is 6.05. The molecule has 4 heteroatoms. The molecule has 2 amide bonds. The van der Waals surface area contributed by atoms with Crippen molar-refractivity contribution in [2.24, 2.45) is 11.8 Å². The Labute approximate surface area is 103 Å². The zero-order valence-electron chi connectivity index (χ0n) is 10.7. The van der Waals surface area contributed by atoms with E-state index in [-0.39, 0.29) is 29.7 Å². The molecule has 1 aliphatic heterocycles. The van der Waals surface area contributed by atoms with Crippen molar-refractivity contribution in [1.29, 1.82) is 0 Å². The van der Waals surface area contributed by atoms with Crippen LogP contribution in [0.25, 0.3) is 0 Å². The fourth-order valence-electron chi connectivity index (χ4n) is 3.14. The maximum absolute atomic E-state index is 12.1. The van der Waals surface area contributed by atoms with Crippen molar-refractivity contribution in [2.75, 3.05) is 13.6 Å². The first-order chi connectivity index (χ1) is 8.19. The van der Waals surface area contributed by atoms with Gasteiger partial charge < -0.3 is 5.32 Å². The molecule has 2 fully saturated rings. The first kappa shape index (κ1) is 12.6. The topological polar surface area (TPSA) is 49.4 Å². The van der Waals surface area contributed by atoms with Crippen LogP contribution < -0.4 is 5.32 Å². The molecule has 0 aromatic rings. The molecule has 0 spiro atoms. The molecule has 2 rings (SSSR count). The van der Waals surface area contributed by atoms with Crippen LogP contribution in [0.5, 0.6) is 0 Å². The van der Waals surface area contributed by atoms with E-state index in [0.717, 1.165) is 32.1 Å². The maximum atomic E-state index is 12.1. The largest absolute Gasteiger partial charge is 0.315 e. The average Bonchev–Trinajstić information content (AvgIpc) is 2.88. The van der Waals surface area contributed by atoms with Crippen molar-refractivity contribution in [3.63, 3.8) is 0 Å². The number of likely N-dealkylation sites (tertiary alicyclic amines) is 1. The van der Waals surface area contributed by atoms with E-state index in [0.29, 0.717) is 6.54 Å². The monoisotopic (exact) mass is 238 g/mol. The Hall–Kier alpha value is -0.900. The number of likely N-dealkylation sites (N-methyl/N-ethyl adjacent to an activating group) is 1. The minimum Gasteiger partial charge on any atom is -0.315 e. The molecule has 3 atom stereocenters. The number of carbonyl (C=O) groups excluding carboxylic acids is 2. The van der Waals surface area contributed by atoms with Gasteiger partial charge in [-0.3, -0.25) is 14.5 Å². The minimum absolute atomic E-state index is 0.00151. The van der Waals surface area contributed by atoms with Gasteiger partial charge in [-0.25, -0.2) is 0 Å². The lowest BCUT2D eigenvalue weighted by molar-refractivity contribution is -0.140. The van der Waals surface area contributed by atoms with Crippen molar-refractivity contribution in [1.82, 2.24) is 10.2 Å². The summed E-state index contributed by atoms with van der Waals surface area (Å²) in [7, 11) is 1.90. The Morgan fingerprint density at radius 1 is 1.29 bits per heavy atom. The number of nitrogens with zero attached hydrogens (tertiary/aromatic N) is 1. The smallest absolute Gasteiger partial charge is 0.233 e. The Kier molecular flexibility index (Phi) is 3.82. The van der Waals surface area contributed by atoms with E-state index in [1.54, 1.807) is 0 Å². The quantitative estimate of drug-likeness (QED) is 0.731. The third kappa shape index (κ3) is 2.23. The van der Waals surface area contributed by atoms with Crippen molar-refractivity contribution >= 4 is 11.8 Å². The van der Waals surface area contributed by atoms with E-state index in [1.165, 1.54) is 4.90 Å². The molecular formula is C13H22N2O2. The molecule has 1 aliphatic carbocycles. The van der Waals surface area contributed by atoms with E-state index in [4.69, 9.17) is 0 Å². The molecule has 0 aromatic heterocycles. The number of nitrogens with one attached hydrogen (secondary N) is 1. The summed E-state index contributed by atoms with van der Waals surface area (Å²) < 4.78 is 0. The summed E-state index contributed by atoms with van der Waals surface area (Å²) in [5, 5.41) is 3.19. The summed E-state index contributed by atoms with van der Waals surface area (Å²) in [6.07, 6.45) is 4.91. The minimum atomic E-state index is 0.00151. The van der Waals surface area contributed by atoms with Gasteiger partial charge in [0.15, 0.2) is 0 Å². The van der Waals surface area contributed by atoms with Gasteiger partial charge in [0.2, 0.25) is 11.8 Å². The summed E-state index contributed by atoms with van der Waals surface area (Å²) in [5.41, 5.74) is 0. The van der Waals surface area contributed by atoms with Gasteiger partial charge >= 0.3 is 0 Å². The molecule has 17 heavy (non-hydrogen) atoms. The molecular weight excluding hydrogens is 216 g/mol. The molecule has 2 aliphatic rings. The van der Waals surface area contributed by atoms with Gasteiger partial charge in [0.1, 0.15) is 0 Å². The predicted molar refractivity (Wildman–Crippen MR) is 65.3 cm³/mol. The second kappa shape index (κ2) is 5.17.